The van der Waals surface area contributed by atoms with E-state index < -0.39 is 15.8 Å². The van der Waals surface area contributed by atoms with Gasteiger partial charge in [0.25, 0.3) is 0 Å². The van der Waals surface area contributed by atoms with E-state index in [1.165, 1.54) is 70.1 Å². The third kappa shape index (κ3) is 7.00. The van der Waals surface area contributed by atoms with E-state index in [0.717, 1.165) is 12.8 Å². The van der Waals surface area contributed by atoms with Crippen molar-refractivity contribution in [1.29, 1.82) is 0 Å². The number of Topliss-reactive ketones (excluding diaryl/α,β-unsaturated/α-hetero) is 1. The van der Waals surface area contributed by atoms with Gasteiger partial charge in [0.05, 0.1) is 0 Å². The summed E-state index contributed by atoms with van der Waals surface area (Å²) in [4.78, 5) is 11.8. The average Bonchev–Trinajstić information content (AvgIpc) is 3.19. The Morgan fingerprint density at radius 3 is 1.35 bits per heavy atom. The van der Waals surface area contributed by atoms with Crippen LogP contribution in [0.4, 0.5) is 0 Å². The summed E-state index contributed by atoms with van der Waals surface area (Å²) >= 11 is 0. The molecule has 0 saturated heterocycles. The molecule has 52 heavy (non-hydrogen) atoms. The maximum atomic E-state index is 11.8. The third-order valence-corrected chi connectivity index (χ3v) is 14.7. The summed E-state index contributed by atoms with van der Waals surface area (Å²) in [7, 11) is -1.82. The van der Waals surface area contributed by atoms with Crippen LogP contribution in [0.25, 0.3) is 32.7 Å². The predicted molar refractivity (Wildman–Crippen MR) is 228 cm³/mol. The number of benzene rings is 8. The predicted octanol–water partition coefficient (Wildman–Crippen LogP) is 10.1. The van der Waals surface area contributed by atoms with Crippen molar-refractivity contribution in [3.8, 4) is 11.1 Å². The van der Waals surface area contributed by atoms with Crippen LogP contribution in [-0.2, 0) is 11.2 Å². The molecule has 0 amide bonds. The van der Waals surface area contributed by atoms with Crippen LogP contribution >= 0.6 is 15.8 Å². The number of hydrogen-bond acceptors (Lipinski definition) is 1. The molecule has 8 aromatic carbocycles. The maximum Gasteiger partial charge on any atom is 0.129 e. The molecule has 0 fully saturated rings. The molecule has 0 spiro atoms. The summed E-state index contributed by atoms with van der Waals surface area (Å²) < 4.78 is 0. The first-order chi connectivity index (χ1) is 25.7. The number of carbonyl (C=O) groups excluding carboxylic acids is 1. The Balaban J connectivity index is 1.48. The molecule has 0 atom stereocenters. The Morgan fingerprint density at radius 1 is 0.442 bits per heavy atom. The second-order valence-electron chi connectivity index (χ2n) is 13.3. The van der Waals surface area contributed by atoms with Crippen LogP contribution < -0.4 is 31.8 Å². The normalized spacial score (nSPS) is 11.4. The summed E-state index contributed by atoms with van der Waals surface area (Å²) in [6, 6.07) is 69.7. The Labute approximate surface area is 309 Å². The van der Waals surface area contributed by atoms with E-state index in [-0.39, 0.29) is 5.78 Å². The van der Waals surface area contributed by atoms with Crippen molar-refractivity contribution in [2.24, 2.45) is 0 Å². The number of aryl methyl sites for hydroxylation is 1. The first kappa shape index (κ1) is 33.9. The molecule has 3 heteroatoms. The Bertz CT molecular complexity index is 2380. The first-order valence-electron chi connectivity index (χ1n) is 18.0. The van der Waals surface area contributed by atoms with Gasteiger partial charge in [-0.1, -0.05) is 188 Å². The fourth-order valence-electron chi connectivity index (χ4n) is 7.39. The molecule has 0 aliphatic rings. The molecule has 8 rings (SSSR count). The van der Waals surface area contributed by atoms with Crippen molar-refractivity contribution in [3.05, 3.63) is 194 Å². The van der Waals surface area contributed by atoms with Crippen LogP contribution in [0.5, 0.6) is 0 Å². The molecule has 0 aromatic heterocycles. The molecule has 1 nitrogen and oxygen atoms in total. The highest BCUT2D eigenvalue weighted by molar-refractivity contribution is 7.80. The number of ketones is 1. The Morgan fingerprint density at radius 2 is 0.865 bits per heavy atom. The van der Waals surface area contributed by atoms with Crippen LogP contribution in [-0.4, -0.2) is 5.78 Å². The summed E-state index contributed by atoms with van der Waals surface area (Å²) in [6.45, 7) is 1.69. The van der Waals surface area contributed by atoms with E-state index in [1.807, 2.05) is 0 Å². The Kier molecular flexibility index (Phi) is 10.2. The fraction of sp³-hybridized carbons (Fsp3) is 0.0816. The smallest absolute Gasteiger partial charge is 0.129 e. The minimum absolute atomic E-state index is 0.250. The van der Waals surface area contributed by atoms with Crippen molar-refractivity contribution in [3.63, 3.8) is 0 Å². The number of fused-ring (bicyclic) bond motifs is 2. The van der Waals surface area contributed by atoms with Gasteiger partial charge in [0.15, 0.2) is 0 Å². The highest BCUT2D eigenvalue weighted by Gasteiger charge is 2.28. The van der Waals surface area contributed by atoms with Crippen LogP contribution in [0.2, 0.25) is 0 Å². The maximum absolute atomic E-state index is 11.8. The molecule has 0 bridgehead atoms. The zero-order chi connectivity index (χ0) is 35.3. The van der Waals surface area contributed by atoms with Gasteiger partial charge >= 0.3 is 0 Å². The molecular formula is C49H40OP2. The summed E-state index contributed by atoms with van der Waals surface area (Å²) in [5.41, 5.74) is 3.91. The number of hydrogen-bond donors (Lipinski definition) is 0. The van der Waals surface area contributed by atoms with Crippen LogP contribution in [0.15, 0.2) is 188 Å². The molecule has 252 valence electrons. The van der Waals surface area contributed by atoms with Gasteiger partial charge < -0.3 is 4.79 Å². The van der Waals surface area contributed by atoms with Crippen LogP contribution in [0.3, 0.4) is 0 Å². The van der Waals surface area contributed by atoms with Crippen molar-refractivity contribution in [1.82, 2.24) is 0 Å². The molecule has 0 aliphatic carbocycles. The molecule has 0 unspecified atom stereocenters. The minimum Gasteiger partial charge on any atom is -0.300 e. The van der Waals surface area contributed by atoms with Crippen LogP contribution in [0, 0.1) is 0 Å². The van der Waals surface area contributed by atoms with Gasteiger partial charge in [0.1, 0.15) is 5.78 Å². The van der Waals surface area contributed by atoms with E-state index in [9.17, 15) is 4.79 Å². The highest BCUT2D eigenvalue weighted by Crippen LogP contribution is 2.45. The second kappa shape index (κ2) is 15.6. The fourth-order valence-corrected chi connectivity index (χ4v) is 12.3. The quantitative estimate of drug-likeness (QED) is 0.122. The zero-order valence-electron chi connectivity index (χ0n) is 29.3. The largest absolute Gasteiger partial charge is 0.300 e. The number of carbonyl (C=O) groups is 1. The second-order valence-corrected chi connectivity index (χ2v) is 17.6. The van der Waals surface area contributed by atoms with E-state index in [0.29, 0.717) is 6.42 Å². The lowest BCUT2D eigenvalue weighted by atomic mass is 9.92. The first-order valence-corrected chi connectivity index (χ1v) is 20.7. The van der Waals surface area contributed by atoms with Gasteiger partial charge in [-0.3, -0.25) is 0 Å². The van der Waals surface area contributed by atoms with Gasteiger partial charge in [-0.2, -0.15) is 0 Å². The van der Waals surface area contributed by atoms with Crippen LogP contribution in [0.1, 0.15) is 25.3 Å². The highest BCUT2D eigenvalue weighted by atomic mass is 31.1. The summed E-state index contributed by atoms with van der Waals surface area (Å²) in [5.74, 6) is 0.250. The molecular weight excluding hydrogens is 666 g/mol. The lowest BCUT2D eigenvalue weighted by Crippen LogP contribution is -2.26. The molecule has 0 heterocycles. The zero-order valence-corrected chi connectivity index (χ0v) is 31.1. The monoisotopic (exact) mass is 706 g/mol. The van der Waals surface area contributed by atoms with E-state index in [2.05, 4.69) is 188 Å². The topological polar surface area (TPSA) is 17.1 Å². The molecule has 0 N–H and O–H groups in total. The molecule has 0 radical (unpaired) electrons. The Hall–Kier alpha value is -5.19. The van der Waals surface area contributed by atoms with Crippen molar-refractivity contribution in [2.45, 2.75) is 26.2 Å². The number of rotatable bonds is 11. The van der Waals surface area contributed by atoms with E-state index in [4.69, 9.17) is 0 Å². The average molecular weight is 707 g/mol. The minimum atomic E-state index is -0.914. The standard InChI is InChI=1S/C49H40OP2/c1-36(50)17-16-18-37-29-32-45-39(35-37)31-34-47(52(42-24-10-4-11-25-42)43-26-12-5-13-27-43)49(45)48-44-28-15-14-19-38(44)30-33-46(48)51(40-20-6-2-7-21-40)41-22-8-3-9-23-41/h2-15,19-35H,16-18H2,1H3. The third-order valence-electron chi connectivity index (χ3n) is 9.75. The SMILES string of the molecule is CC(=O)CCCc1ccc2c(-c3c(P(c4ccccc4)c4ccccc4)ccc4ccccc34)c(P(c3ccccc3)c3ccccc3)ccc2c1. The summed E-state index contributed by atoms with van der Waals surface area (Å²) in [6.07, 6.45) is 2.37. The van der Waals surface area contributed by atoms with Gasteiger partial charge in [0.2, 0.25) is 0 Å². The van der Waals surface area contributed by atoms with Crippen molar-refractivity contribution >= 4 is 75.0 Å². The molecule has 8 aromatic rings. The molecule has 0 saturated carbocycles. The van der Waals surface area contributed by atoms with E-state index in [1.54, 1.807) is 6.92 Å². The van der Waals surface area contributed by atoms with E-state index >= 15 is 0 Å². The van der Waals surface area contributed by atoms with Gasteiger partial charge in [-0.15, -0.1) is 0 Å². The lowest BCUT2D eigenvalue weighted by molar-refractivity contribution is -0.117. The lowest BCUT2D eigenvalue weighted by Gasteiger charge is -2.28. The molecule has 0 aliphatic heterocycles. The van der Waals surface area contributed by atoms with Gasteiger partial charge in [-0.05, 0) is 106 Å². The van der Waals surface area contributed by atoms with Gasteiger partial charge in [0, 0.05) is 6.42 Å². The summed E-state index contributed by atoms with van der Waals surface area (Å²) in [5, 5.41) is 13.1. The van der Waals surface area contributed by atoms with Gasteiger partial charge in [-0.25, -0.2) is 0 Å². The van der Waals surface area contributed by atoms with Crippen molar-refractivity contribution in [2.75, 3.05) is 0 Å². The van der Waals surface area contributed by atoms with Crippen molar-refractivity contribution < 1.29 is 4.79 Å².